The Morgan fingerprint density at radius 3 is 2.11 bits per heavy atom. The van der Waals surface area contributed by atoms with E-state index < -0.39 is 29.3 Å². The molecule has 0 saturated heterocycles. The second kappa shape index (κ2) is 5.96. The molecule has 0 spiro atoms. The summed E-state index contributed by atoms with van der Waals surface area (Å²) < 4.78 is 54.8. The average molecular weight is 319 g/mol. The number of carbonyl (C=O) groups excluding carboxylic acids is 1. The zero-order chi connectivity index (χ0) is 14.7. The molecule has 106 valence electrons. The van der Waals surface area contributed by atoms with Crippen molar-refractivity contribution < 1.29 is 27.1 Å². The Morgan fingerprint density at radius 1 is 1.16 bits per heavy atom. The van der Waals surface area contributed by atoms with Crippen molar-refractivity contribution in [2.24, 2.45) is 0 Å². The fourth-order valence-electron chi connectivity index (χ4n) is 1.30. The van der Waals surface area contributed by atoms with Gasteiger partial charge in [0.25, 0.3) is 0 Å². The van der Waals surface area contributed by atoms with Gasteiger partial charge < -0.3 is 4.74 Å². The van der Waals surface area contributed by atoms with Crippen LogP contribution in [0.15, 0.2) is 30.3 Å². The molecule has 0 aliphatic rings. The summed E-state index contributed by atoms with van der Waals surface area (Å²) in [6.45, 7) is 0. The third-order valence-corrected chi connectivity index (χ3v) is 2.38. The molecule has 19 heavy (non-hydrogen) atoms. The summed E-state index contributed by atoms with van der Waals surface area (Å²) in [4.78, 5) is 10.9. The minimum absolute atomic E-state index is 0.108. The van der Waals surface area contributed by atoms with Gasteiger partial charge in [0.2, 0.25) is 0 Å². The second-order valence-corrected chi connectivity index (χ2v) is 4.65. The standard InChI is InChI=1S/C11H8Cl2F4O2/c12-10(14,15)6-8(7-4-2-1-3-5-7)19-9(18)11(13,16)17/h1-5,8H,6H2. The Bertz CT molecular complexity index is 429. The van der Waals surface area contributed by atoms with Gasteiger partial charge >= 0.3 is 16.7 Å². The van der Waals surface area contributed by atoms with Crippen LogP contribution in [-0.2, 0) is 9.53 Å². The Kier molecular flexibility index (Phi) is 5.04. The first-order chi connectivity index (χ1) is 8.59. The third kappa shape index (κ3) is 5.65. The Labute approximate surface area is 116 Å². The van der Waals surface area contributed by atoms with Crippen LogP contribution in [-0.4, -0.2) is 16.7 Å². The van der Waals surface area contributed by atoms with Gasteiger partial charge in [-0.15, -0.1) is 0 Å². The van der Waals surface area contributed by atoms with Gasteiger partial charge in [0.05, 0.1) is 6.42 Å². The van der Waals surface area contributed by atoms with Crippen molar-refractivity contribution in [1.82, 2.24) is 0 Å². The van der Waals surface area contributed by atoms with Crippen LogP contribution in [0.2, 0.25) is 0 Å². The van der Waals surface area contributed by atoms with Crippen LogP contribution in [0.3, 0.4) is 0 Å². The number of carbonyl (C=O) groups is 1. The molecule has 1 aromatic rings. The fourth-order valence-corrected chi connectivity index (χ4v) is 1.49. The molecule has 0 amide bonds. The summed E-state index contributed by atoms with van der Waals surface area (Å²) in [6.07, 6.45) is -2.76. The summed E-state index contributed by atoms with van der Waals surface area (Å²) in [6, 6.07) is 7.21. The van der Waals surface area contributed by atoms with E-state index in [-0.39, 0.29) is 5.56 Å². The number of halogens is 6. The normalized spacial score (nSPS) is 14.0. The first-order valence-electron chi connectivity index (χ1n) is 4.99. The molecular formula is C11H8Cl2F4O2. The van der Waals surface area contributed by atoms with E-state index in [1.807, 2.05) is 0 Å². The van der Waals surface area contributed by atoms with Gasteiger partial charge in [-0.25, -0.2) is 4.79 Å². The number of alkyl halides is 6. The van der Waals surface area contributed by atoms with Crippen LogP contribution in [0.5, 0.6) is 0 Å². The van der Waals surface area contributed by atoms with Crippen molar-refractivity contribution >= 4 is 29.2 Å². The lowest BCUT2D eigenvalue weighted by atomic mass is 10.1. The highest BCUT2D eigenvalue weighted by atomic mass is 35.5. The van der Waals surface area contributed by atoms with Crippen molar-refractivity contribution in [3.63, 3.8) is 0 Å². The molecule has 0 saturated carbocycles. The van der Waals surface area contributed by atoms with E-state index in [9.17, 15) is 22.4 Å². The largest absolute Gasteiger partial charge is 0.452 e. The highest BCUT2D eigenvalue weighted by Gasteiger charge is 2.41. The van der Waals surface area contributed by atoms with Gasteiger partial charge in [-0.2, -0.15) is 17.6 Å². The zero-order valence-electron chi connectivity index (χ0n) is 9.26. The minimum atomic E-state index is -4.28. The van der Waals surface area contributed by atoms with E-state index in [2.05, 4.69) is 16.3 Å². The second-order valence-electron chi connectivity index (χ2n) is 3.62. The molecule has 1 unspecified atom stereocenters. The maximum absolute atomic E-state index is 12.8. The molecular weight excluding hydrogens is 311 g/mol. The maximum Gasteiger partial charge on any atom is 0.417 e. The lowest BCUT2D eigenvalue weighted by molar-refractivity contribution is -0.169. The molecule has 1 aromatic carbocycles. The molecule has 1 atom stereocenters. The third-order valence-electron chi connectivity index (χ3n) is 2.07. The average Bonchev–Trinajstić information content (AvgIpc) is 2.26. The summed E-state index contributed by atoms with van der Waals surface area (Å²) in [5.74, 6) is -2.11. The van der Waals surface area contributed by atoms with Gasteiger partial charge in [-0.1, -0.05) is 30.3 Å². The predicted octanol–water partition coefficient (Wildman–Crippen LogP) is 4.32. The predicted molar refractivity (Wildman–Crippen MR) is 61.5 cm³/mol. The molecule has 0 aliphatic carbocycles. The molecule has 0 N–H and O–H groups in total. The van der Waals surface area contributed by atoms with Gasteiger partial charge in [-0.05, 0) is 28.8 Å². The fraction of sp³-hybridized carbons (Fsp3) is 0.364. The molecule has 0 aliphatic heterocycles. The summed E-state index contributed by atoms with van der Waals surface area (Å²) >= 11 is 9.19. The topological polar surface area (TPSA) is 26.3 Å². The monoisotopic (exact) mass is 318 g/mol. The van der Waals surface area contributed by atoms with E-state index in [1.165, 1.54) is 24.3 Å². The van der Waals surface area contributed by atoms with Crippen LogP contribution < -0.4 is 0 Å². The Balaban J connectivity index is 2.91. The van der Waals surface area contributed by atoms with Crippen LogP contribution in [0.1, 0.15) is 18.1 Å². The summed E-state index contributed by atoms with van der Waals surface area (Å²) in [5, 5.41) is -7.99. The van der Waals surface area contributed by atoms with Crippen molar-refractivity contribution in [2.45, 2.75) is 23.3 Å². The highest BCUT2D eigenvalue weighted by Crippen LogP contribution is 2.35. The van der Waals surface area contributed by atoms with Gasteiger partial charge in [-0.3, -0.25) is 0 Å². The number of esters is 1. The lowest BCUT2D eigenvalue weighted by Crippen LogP contribution is -2.28. The molecule has 8 heteroatoms. The van der Waals surface area contributed by atoms with Crippen molar-refractivity contribution in [2.75, 3.05) is 0 Å². The van der Waals surface area contributed by atoms with Crippen LogP contribution >= 0.6 is 23.2 Å². The van der Waals surface area contributed by atoms with Crippen molar-refractivity contribution in [3.05, 3.63) is 35.9 Å². The van der Waals surface area contributed by atoms with Crippen LogP contribution in [0.25, 0.3) is 0 Å². The van der Waals surface area contributed by atoms with E-state index in [1.54, 1.807) is 6.07 Å². The maximum atomic E-state index is 12.8. The smallest absolute Gasteiger partial charge is 0.417 e. The molecule has 1 rings (SSSR count). The first kappa shape index (κ1) is 16.0. The van der Waals surface area contributed by atoms with Crippen molar-refractivity contribution in [3.8, 4) is 0 Å². The molecule has 0 bridgehead atoms. The van der Waals surface area contributed by atoms with Crippen LogP contribution in [0, 0.1) is 0 Å². The Hall–Kier alpha value is -1.01. The number of ether oxygens (including phenoxy) is 1. The highest BCUT2D eigenvalue weighted by molar-refractivity contribution is 6.31. The lowest BCUT2D eigenvalue weighted by Gasteiger charge is -2.21. The summed E-state index contributed by atoms with van der Waals surface area (Å²) in [5.41, 5.74) is 0.108. The minimum Gasteiger partial charge on any atom is -0.452 e. The number of benzene rings is 1. The Morgan fingerprint density at radius 2 is 1.68 bits per heavy atom. The van der Waals surface area contributed by atoms with Gasteiger partial charge in [0, 0.05) is 0 Å². The number of hydrogen-bond acceptors (Lipinski definition) is 2. The van der Waals surface area contributed by atoms with E-state index in [0.29, 0.717) is 0 Å². The van der Waals surface area contributed by atoms with E-state index >= 15 is 0 Å². The summed E-state index contributed by atoms with van der Waals surface area (Å²) in [7, 11) is 0. The number of hydrogen-bond donors (Lipinski definition) is 0. The quantitative estimate of drug-likeness (QED) is 0.459. The SMILES string of the molecule is O=C(OC(CC(F)(F)Cl)c1ccccc1)C(F)(F)Cl. The zero-order valence-corrected chi connectivity index (χ0v) is 10.8. The first-order valence-corrected chi connectivity index (χ1v) is 5.74. The van der Waals surface area contributed by atoms with E-state index in [4.69, 9.17) is 11.6 Å². The molecule has 0 aromatic heterocycles. The van der Waals surface area contributed by atoms with Crippen LogP contribution in [0.4, 0.5) is 17.6 Å². The van der Waals surface area contributed by atoms with Crippen molar-refractivity contribution in [1.29, 1.82) is 0 Å². The number of rotatable bonds is 5. The van der Waals surface area contributed by atoms with Gasteiger partial charge in [0.1, 0.15) is 6.10 Å². The van der Waals surface area contributed by atoms with Gasteiger partial charge in [0.15, 0.2) is 0 Å². The molecule has 0 radical (unpaired) electrons. The van der Waals surface area contributed by atoms with E-state index in [0.717, 1.165) is 0 Å². The molecule has 2 nitrogen and oxygen atoms in total. The molecule has 0 heterocycles. The molecule has 0 fully saturated rings.